The average molecular weight is 180 g/mol. The number of hydrogen-bond donors (Lipinski definition) is 0. The number of esters is 1. The molecule has 0 aromatic rings. The van der Waals surface area contributed by atoms with Crippen molar-refractivity contribution in [2.24, 2.45) is 0 Å². The third-order valence-corrected chi connectivity index (χ3v) is 2.11. The number of carbonyl (C=O) groups excluding carboxylic acids is 1. The predicted molar refractivity (Wildman–Crippen MR) is 35.6 cm³/mol. The van der Waals surface area contributed by atoms with E-state index in [-0.39, 0.29) is 6.61 Å². The first kappa shape index (κ1) is 8.63. The van der Waals surface area contributed by atoms with Crippen LogP contribution in [0.4, 0.5) is 0 Å². The molecule has 64 valence electrons. The van der Waals surface area contributed by atoms with Crippen LogP contribution < -0.4 is 0 Å². The predicted octanol–water partition coefficient (Wildman–Crippen LogP) is -0.456. The molecule has 0 amide bonds. The Labute approximate surface area is 66.5 Å². The third-order valence-electron chi connectivity index (χ3n) is 1.30. The Morgan fingerprint density at radius 1 is 1.73 bits per heavy atom. The molecule has 1 aliphatic heterocycles. The van der Waals surface area contributed by atoms with Gasteiger partial charge in [-0.25, -0.2) is 8.98 Å². The molecule has 0 aromatic heterocycles. The van der Waals surface area contributed by atoms with Crippen molar-refractivity contribution in [3.05, 3.63) is 0 Å². The maximum atomic E-state index is 10.9. The Kier molecular flexibility index (Phi) is 2.26. The average Bonchev–Trinajstić information content (AvgIpc) is 2.31. The van der Waals surface area contributed by atoms with Crippen LogP contribution in [0.1, 0.15) is 6.92 Å². The van der Waals surface area contributed by atoms with E-state index >= 15 is 0 Å². The molecule has 0 N–H and O–H groups in total. The van der Waals surface area contributed by atoms with Gasteiger partial charge in [0.15, 0.2) is 0 Å². The van der Waals surface area contributed by atoms with Crippen molar-refractivity contribution in [2.45, 2.75) is 12.5 Å². The van der Waals surface area contributed by atoms with Crippen LogP contribution in [0.2, 0.25) is 0 Å². The quantitative estimate of drug-likeness (QED) is 0.511. The largest absolute Gasteiger partial charge is 0.467 e. The van der Waals surface area contributed by atoms with Gasteiger partial charge in [-0.05, 0) is 6.92 Å². The van der Waals surface area contributed by atoms with Gasteiger partial charge in [0.2, 0.25) is 5.60 Å². The smallest absolute Gasteiger partial charge is 0.341 e. The third kappa shape index (κ3) is 1.58. The van der Waals surface area contributed by atoms with Crippen LogP contribution in [-0.2, 0) is 29.3 Å². The molecular formula is C5H8O5S. The van der Waals surface area contributed by atoms with E-state index in [1.54, 1.807) is 0 Å². The van der Waals surface area contributed by atoms with E-state index in [2.05, 4.69) is 13.1 Å². The molecule has 2 unspecified atom stereocenters. The van der Waals surface area contributed by atoms with Gasteiger partial charge < -0.3 is 4.74 Å². The van der Waals surface area contributed by atoms with Crippen LogP contribution in [0.15, 0.2) is 0 Å². The maximum absolute atomic E-state index is 10.9. The lowest BCUT2D eigenvalue weighted by molar-refractivity contribution is -0.155. The lowest BCUT2D eigenvalue weighted by atomic mass is 10.1. The zero-order valence-electron chi connectivity index (χ0n) is 6.16. The first-order chi connectivity index (χ1) is 5.08. The van der Waals surface area contributed by atoms with Gasteiger partial charge in [0.25, 0.3) is 0 Å². The number of carbonyl (C=O) groups is 1. The molecule has 0 aromatic carbocycles. The van der Waals surface area contributed by atoms with Gasteiger partial charge in [0.1, 0.15) is 6.61 Å². The summed E-state index contributed by atoms with van der Waals surface area (Å²) in [6, 6.07) is 0. The summed E-state index contributed by atoms with van der Waals surface area (Å²) >= 11 is -1.82. The Hall–Kier alpha value is -0.460. The van der Waals surface area contributed by atoms with Crippen LogP contribution in [0.25, 0.3) is 0 Å². The normalized spacial score (nSPS) is 37.1. The maximum Gasteiger partial charge on any atom is 0.341 e. The number of methoxy groups -OCH3 is 1. The fourth-order valence-corrected chi connectivity index (χ4v) is 1.45. The van der Waals surface area contributed by atoms with Gasteiger partial charge in [0, 0.05) is 0 Å². The monoisotopic (exact) mass is 180 g/mol. The van der Waals surface area contributed by atoms with Gasteiger partial charge >= 0.3 is 17.3 Å². The number of ether oxygens (including phenoxy) is 1. The Balaban J connectivity index is 2.69. The summed E-state index contributed by atoms with van der Waals surface area (Å²) in [6.45, 7) is 1.43. The van der Waals surface area contributed by atoms with Crippen LogP contribution in [0, 0.1) is 0 Å². The summed E-state index contributed by atoms with van der Waals surface area (Å²) < 4.78 is 24.2. The van der Waals surface area contributed by atoms with Gasteiger partial charge in [-0.1, -0.05) is 0 Å². The SMILES string of the molecule is COC(=O)C1(C)COS(=O)O1. The minimum atomic E-state index is -1.82. The van der Waals surface area contributed by atoms with Gasteiger partial charge in [-0.2, -0.15) is 4.21 Å². The van der Waals surface area contributed by atoms with Gasteiger partial charge in [-0.3, -0.25) is 4.18 Å². The summed E-state index contributed by atoms with van der Waals surface area (Å²) in [5.41, 5.74) is -1.21. The molecule has 11 heavy (non-hydrogen) atoms. The number of rotatable bonds is 1. The first-order valence-electron chi connectivity index (χ1n) is 2.91. The van der Waals surface area contributed by atoms with Crippen molar-refractivity contribution in [1.29, 1.82) is 0 Å². The van der Waals surface area contributed by atoms with E-state index < -0.39 is 22.9 Å². The molecule has 0 aliphatic carbocycles. The van der Waals surface area contributed by atoms with Crippen molar-refractivity contribution < 1.29 is 22.1 Å². The molecular weight excluding hydrogens is 172 g/mol. The molecule has 1 heterocycles. The molecule has 0 radical (unpaired) electrons. The van der Waals surface area contributed by atoms with Crippen LogP contribution in [-0.4, -0.2) is 29.5 Å². The van der Waals surface area contributed by atoms with Crippen molar-refractivity contribution >= 4 is 17.3 Å². The summed E-state index contributed by atoms with van der Waals surface area (Å²) in [7, 11) is 1.23. The molecule has 1 aliphatic rings. The van der Waals surface area contributed by atoms with E-state index in [0.29, 0.717) is 0 Å². The minimum Gasteiger partial charge on any atom is -0.467 e. The Bertz CT molecular complexity index is 203. The first-order valence-corrected chi connectivity index (χ1v) is 3.91. The molecule has 2 atom stereocenters. The molecule has 0 spiro atoms. The van der Waals surface area contributed by atoms with Crippen LogP contribution in [0.5, 0.6) is 0 Å². The Morgan fingerprint density at radius 3 is 2.73 bits per heavy atom. The fourth-order valence-electron chi connectivity index (χ4n) is 0.668. The summed E-state index contributed by atoms with van der Waals surface area (Å²) in [4.78, 5) is 10.9. The highest BCUT2D eigenvalue weighted by molar-refractivity contribution is 7.75. The van der Waals surface area contributed by atoms with E-state index in [9.17, 15) is 9.00 Å². The van der Waals surface area contributed by atoms with E-state index in [1.165, 1.54) is 14.0 Å². The Morgan fingerprint density at radius 2 is 2.36 bits per heavy atom. The summed E-state index contributed by atoms with van der Waals surface area (Å²) in [5, 5.41) is 0. The molecule has 1 rings (SSSR count). The highest BCUT2D eigenvalue weighted by Crippen LogP contribution is 2.22. The van der Waals surface area contributed by atoms with E-state index in [1.807, 2.05) is 0 Å². The van der Waals surface area contributed by atoms with Crippen molar-refractivity contribution in [3.8, 4) is 0 Å². The lowest BCUT2D eigenvalue weighted by Crippen LogP contribution is -2.38. The minimum absolute atomic E-state index is 0.0354. The second kappa shape index (κ2) is 2.88. The van der Waals surface area contributed by atoms with Crippen molar-refractivity contribution in [1.82, 2.24) is 0 Å². The topological polar surface area (TPSA) is 61.8 Å². The number of hydrogen-bond acceptors (Lipinski definition) is 5. The van der Waals surface area contributed by atoms with Crippen LogP contribution >= 0.6 is 0 Å². The standard InChI is InChI=1S/C5H8O5S/c1-5(4(6)8-2)3-9-11(7)10-5/h3H2,1-2H3. The fraction of sp³-hybridized carbons (Fsp3) is 0.800. The highest BCUT2D eigenvalue weighted by atomic mass is 32.2. The molecule has 6 heteroatoms. The van der Waals surface area contributed by atoms with Crippen molar-refractivity contribution in [3.63, 3.8) is 0 Å². The molecule has 0 bridgehead atoms. The zero-order chi connectivity index (χ0) is 8.48. The van der Waals surface area contributed by atoms with Crippen molar-refractivity contribution in [2.75, 3.05) is 13.7 Å². The lowest BCUT2D eigenvalue weighted by Gasteiger charge is -2.14. The second-order valence-corrected chi connectivity index (χ2v) is 3.08. The van der Waals surface area contributed by atoms with Crippen LogP contribution in [0.3, 0.4) is 0 Å². The highest BCUT2D eigenvalue weighted by Gasteiger charge is 2.44. The molecule has 1 fully saturated rings. The van der Waals surface area contributed by atoms with E-state index in [4.69, 9.17) is 0 Å². The summed E-state index contributed by atoms with van der Waals surface area (Å²) in [5.74, 6) is -0.580. The molecule has 5 nitrogen and oxygen atoms in total. The van der Waals surface area contributed by atoms with Gasteiger partial charge in [-0.15, -0.1) is 0 Å². The van der Waals surface area contributed by atoms with E-state index in [0.717, 1.165) is 0 Å². The molecule has 1 saturated heterocycles. The second-order valence-electron chi connectivity index (χ2n) is 2.27. The molecule has 0 saturated carbocycles. The zero-order valence-corrected chi connectivity index (χ0v) is 6.97. The van der Waals surface area contributed by atoms with Gasteiger partial charge in [0.05, 0.1) is 7.11 Å². The summed E-state index contributed by atoms with van der Waals surface area (Å²) in [6.07, 6.45) is 0.